The third-order valence-electron chi connectivity index (χ3n) is 6.28. The number of benzene rings is 3. The van der Waals surface area contributed by atoms with Crippen molar-refractivity contribution in [2.45, 2.75) is 20.8 Å². The summed E-state index contributed by atoms with van der Waals surface area (Å²) in [6.45, 7) is 9.69. The molecule has 0 saturated carbocycles. The first-order valence-corrected chi connectivity index (χ1v) is 13.3. The summed E-state index contributed by atoms with van der Waals surface area (Å²) in [6, 6.07) is 22.6. The molecular formula is C30H34N4O3S. The molecular weight excluding hydrogens is 496 g/mol. The Morgan fingerprint density at radius 3 is 2.08 bits per heavy atom. The number of hydrogen-bond acceptors (Lipinski definition) is 5. The van der Waals surface area contributed by atoms with Crippen molar-refractivity contribution in [3.63, 3.8) is 0 Å². The van der Waals surface area contributed by atoms with E-state index in [9.17, 15) is 9.59 Å². The summed E-state index contributed by atoms with van der Waals surface area (Å²) in [7, 11) is 0. The molecule has 0 atom stereocenters. The van der Waals surface area contributed by atoms with E-state index in [1.165, 1.54) is 0 Å². The predicted molar refractivity (Wildman–Crippen MR) is 156 cm³/mol. The normalized spacial score (nSPS) is 13.3. The van der Waals surface area contributed by atoms with Gasteiger partial charge in [0.25, 0.3) is 11.8 Å². The van der Waals surface area contributed by atoms with Gasteiger partial charge in [-0.2, -0.15) is 0 Å². The number of ether oxygens (including phenoxy) is 1. The fourth-order valence-corrected chi connectivity index (χ4v) is 4.32. The highest BCUT2D eigenvalue weighted by Gasteiger charge is 2.22. The number of anilines is 2. The highest BCUT2D eigenvalue weighted by Crippen LogP contribution is 2.21. The van der Waals surface area contributed by atoms with Crippen LogP contribution >= 0.6 is 12.2 Å². The molecule has 1 aliphatic heterocycles. The SMILES string of the molecule is Cc1ccc(C(=O)N2CCN(c3ccc(NC(=S)NC(=O)c4ccc(OCC(C)C)cc4)cc3)CC2)cc1. The van der Waals surface area contributed by atoms with E-state index in [0.717, 1.165) is 41.3 Å². The lowest BCUT2D eigenvalue weighted by atomic mass is 10.1. The first kappa shape index (κ1) is 27.1. The monoisotopic (exact) mass is 530 g/mol. The maximum Gasteiger partial charge on any atom is 0.257 e. The third kappa shape index (κ3) is 7.32. The number of carbonyl (C=O) groups is 2. The summed E-state index contributed by atoms with van der Waals surface area (Å²) in [5.74, 6) is 0.957. The van der Waals surface area contributed by atoms with Gasteiger partial charge in [-0.3, -0.25) is 14.9 Å². The summed E-state index contributed by atoms with van der Waals surface area (Å²) in [5, 5.41) is 6.01. The molecule has 1 aliphatic rings. The van der Waals surface area contributed by atoms with Crippen molar-refractivity contribution in [3.8, 4) is 5.75 Å². The van der Waals surface area contributed by atoms with Crippen molar-refractivity contribution >= 4 is 40.5 Å². The van der Waals surface area contributed by atoms with Gasteiger partial charge in [0.2, 0.25) is 0 Å². The predicted octanol–water partition coefficient (Wildman–Crippen LogP) is 5.12. The van der Waals surface area contributed by atoms with Gasteiger partial charge in [0, 0.05) is 48.7 Å². The molecule has 0 aromatic heterocycles. The number of nitrogens with zero attached hydrogens (tertiary/aromatic N) is 2. The van der Waals surface area contributed by atoms with E-state index >= 15 is 0 Å². The number of piperazine rings is 1. The Morgan fingerprint density at radius 1 is 0.868 bits per heavy atom. The summed E-state index contributed by atoms with van der Waals surface area (Å²) >= 11 is 5.34. The molecule has 7 nitrogen and oxygen atoms in total. The van der Waals surface area contributed by atoms with Gasteiger partial charge in [-0.25, -0.2) is 0 Å². The Morgan fingerprint density at radius 2 is 1.47 bits per heavy atom. The Kier molecular flexibility index (Phi) is 8.97. The van der Waals surface area contributed by atoms with Crippen LogP contribution < -0.4 is 20.3 Å². The number of rotatable bonds is 7. The Hall–Kier alpha value is -3.91. The lowest BCUT2D eigenvalue weighted by molar-refractivity contribution is 0.0746. The Bertz CT molecular complexity index is 1250. The minimum absolute atomic E-state index is 0.0789. The van der Waals surface area contributed by atoms with Crippen molar-refractivity contribution in [2.75, 3.05) is 43.0 Å². The van der Waals surface area contributed by atoms with Crippen molar-refractivity contribution in [1.82, 2.24) is 10.2 Å². The van der Waals surface area contributed by atoms with Gasteiger partial charge in [-0.15, -0.1) is 0 Å². The fourth-order valence-electron chi connectivity index (χ4n) is 4.11. The number of thiocarbonyl (C=S) groups is 1. The molecule has 4 rings (SSSR count). The lowest BCUT2D eigenvalue weighted by Crippen LogP contribution is -2.48. The molecule has 1 heterocycles. The topological polar surface area (TPSA) is 73.9 Å². The van der Waals surface area contributed by atoms with E-state index in [2.05, 4.69) is 29.4 Å². The molecule has 198 valence electrons. The van der Waals surface area contributed by atoms with Crippen LogP contribution in [0.5, 0.6) is 5.75 Å². The molecule has 1 saturated heterocycles. The van der Waals surface area contributed by atoms with E-state index in [0.29, 0.717) is 31.2 Å². The van der Waals surface area contributed by atoms with Gasteiger partial charge in [0.15, 0.2) is 5.11 Å². The second-order valence-electron chi connectivity index (χ2n) is 9.83. The molecule has 2 N–H and O–H groups in total. The zero-order chi connectivity index (χ0) is 27.1. The Labute approximate surface area is 229 Å². The molecule has 0 radical (unpaired) electrons. The lowest BCUT2D eigenvalue weighted by Gasteiger charge is -2.36. The largest absolute Gasteiger partial charge is 0.493 e. The van der Waals surface area contributed by atoms with Crippen LogP contribution in [-0.4, -0.2) is 54.6 Å². The highest BCUT2D eigenvalue weighted by molar-refractivity contribution is 7.80. The maximum absolute atomic E-state index is 12.8. The zero-order valence-electron chi connectivity index (χ0n) is 22.1. The quantitative estimate of drug-likeness (QED) is 0.413. The molecule has 0 bridgehead atoms. The standard InChI is InChI=1S/C30H34N4O3S/c1-21(2)20-37-27-14-8-23(9-15-27)28(35)32-30(38)31-25-10-12-26(13-11-25)33-16-18-34(19-17-33)29(36)24-6-4-22(3)5-7-24/h4-15,21H,16-20H2,1-3H3,(H2,31,32,35,38). The molecule has 38 heavy (non-hydrogen) atoms. The minimum Gasteiger partial charge on any atom is -0.493 e. The zero-order valence-corrected chi connectivity index (χ0v) is 22.9. The van der Waals surface area contributed by atoms with Crippen LogP contribution in [0.25, 0.3) is 0 Å². The molecule has 0 spiro atoms. The second kappa shape index (κ2) is 12.6. The van der Waals surface area contributed by atoms with Crippen LogP contribution in [-0.2, 0) is 0 Å². The van der Waals surface area contributed by atoms with Crippen molar-refractivity contribution in [1.29, 1.82) is 0 Å². The third-order valence-corrected chi connectivity index (χ3v) is 6.49. The first-order chi connectivity index (χ1) is 18.3. The van der Waals surface area contributed by atoms with Crippen LogP contribution in [0, 0.1) is 12.8 Å². The van der Waals surface area contributed by atoms with Gasteiger partial charge < -0.3 is 19.9 Å². The number of hydrogen-bond donors (Lipinski definition) is 2. The number of carbonyl (C=O) groups excluding carboxylic acids is 2. The second-order valence-corrected chi connectivity index (χ2v) is 10.2. The van der Waals surface area contributed by atoms with Crippen molar-refractivity contribution < 1.29 is 14.3 Å². The fraction of sp³-hybridized carbons (Fsp3) is 0.300. The smallest absolute Gasteiger partial charge is 0.257 e. The van der Waals surface area contributed by atoms with Crippen molar-refractivity contribution in [3.05, 3.63) is 89.5 Å². The molecule has 2 amide bonds. The Balaban J connectivity index is 1.24. The average molecular weight is 531 g/mol. The van der Waals surface area contributed by atoms with E-state index in [-0.39, 0.29) is 16.9 Å². The summed E-state index contributed by atoms with van der Waals surface area (Å²) in [6.07, 6.45) is 0. The van der Waals surface area contributed by atoms with Crippen LogP contribution in [0.1, 0.15) is 40.1 Å². The number of nitrogens with one attached hydrogen (secondary N) is 2. The van der Waals surface area contributed by atoms with E-state index in [4.69, 9.17) is 17.0 Å². The molecule has 3 aromatic rings. The summed E-state index contributed by atoms with van der Waals surface area (Å²) in [5.41, 5.74) is 4.24. The van der Waals surface area contributed by atoms with Gasteiger partial charge in [-0.1, -0.05) is 31.5 Å². The molecule has 1 fully saturated rings. The molecule has 8 heteroatoms. The van der Waals surface area contributed by atoms with Crippen LogP contribution in [0.4, 0.5) is 11.4 Å². The van der Waals surface area contributed by atoms with Gasteiger partial charge in [-0.05, 0) is 85.7 Å². The number of amides is 2. The number of aryl methyl sites for hydroxylation is 1. The van der Waals surface area contributed by atoms with Gasteiger partial charge in [0.1, 0.15) is 5.75 Å². The highest BCUT2D eigenvalue weighted by atomic mass is 32.1. The van der Waals surface area contributed by atoms with E-state index in [1.54, 1.807) is 24.3 Å². The molecule has 3 aromatic carbocycles. The maximum atomic E-state index is 12.8. The van der Waals surface area contributed by atoms with Crippen LogP contribution in [0.2, 0.25) is 0 Å². The van der Waals surface area contributed by atoms with Gasteiger partial charge in [0.05, 0.1) is 6.61 Å². The van der Waals surface area contributed by atoms with Crippen LogP contribution in [0.15, 0.2) is 72.8 Å². The van der Waals surface area contributed by atoms with Gasteiger partial charge >= 0.3 is 0 Å². The minimum atomic E-state index is -0.285. The average Bonchev–Trinajstić information content (AvgIpc) is 2.92. The summed E-state index contributed by atoms with van der Waals surface area (Å²) in [4.78, 5) is 29.5. The summed E-state index contributed by atoms with van der Waals surface area (Å²) < 4.78 is 5.66. The molecule has 0 unspecified atom stereocenters. The van der Waals surface area contributed by atoms with E-state index < -0.39 is 0 Å². The van der Waals surface area contributed by atoms with Crippen molar-refractivity contribution in [2.24, 2.45) is 5.92 Å². The van der Waals surface area contributed by atoms with Crippen LogP contribution in [0.3, 0.4) is 0 Å². The molecule has 0 aliphatic carbocycles. The first-order valence-electron chi connectivity index (χ1n) is 12.8. The van der Waals surface area contributed by atoms with E-state index in [1.807, 2.05) is 60.4 Å².